The zero-order chi connectivity index (χ0) is 16.1. The number of aromatic nitrogens is 1. The van der Waals surface area contributed by atoms with Crippen LogP contribution < -0.4 is 0 Å². The van der Waals surface area contributed by atoms with Crippen LogP contribution in [-0.4, -0.2) is 4.98 Å². The second-order valence-corrected chi connectivity index (χ2v) is 6.03. The van der Waals surface area contributed by atoms with E-state index in [-0.39, 0.29) is 5.82 Å². The summed E-state index contributed by atoms with van der Waals surface area (Å²) in [7, 11) is 0. The molecule has 23 heavy (non-hydrogen) atoms. The molecule has 0 saturated carbocycles. The molecular formula is C21H22FN. The quantitative estimate of drug-likeness (QED) is 0.586. The van der Waals surface area contributed by atoms with Crippen LogP contribution in [0.4, 0.5) is 4.39 Å². The predicted octanol–water partition coefficient (Wildman–Crippen LogP) is 5.50. The summed E-state index contributed by atoms with van der Waals surface area (Å²) in [6.45, 7) is 2.20. The van der Waals surface area contributed by atoms with E-state index in [1.165, 1.54) is 29.2 Å². The van der Waals surface area contributed by atoms with Crippen molar-refractivity contribution in [1.82, 2.24) is 4.98 Å². The summed E-state index contributed by atoms with van der Waals surface area (Å²) in [6, 6.07) is 16.1. The molecule has 0 N–H and O–H groups in total. The summed E-state index contributed by atoms with van der Waals surface area (Å²) < 4.78 is 13.8. The third kappa shape index (κ3) is 3.76. The van der Waals surface area contributed by atoms with Gasteiger partial charge in [0, 0.05) is 11.6 Å². The zero-order valence-corrected chi connectivity index (χ0v) is 13.6. The fourth-order valence-corrected chi connectivity index (χ4v) is 3.06. The van der Waals surface area contributed by atoms with Gasteiger partial charge in [0.1, 0.15) is 11.3 Å². The van der Waals surface area contributed by atoms with E-state index in [1.54, 1.807) is 12.3 Å². The lowest BCUT2D eigenvalue weighted by Gasteiger charge is -2.07. The largest absolute Gasteiger partial charge is 0.253 e. The molecule has 0 spiro atoms. The predicted molar refractivity (Wildman–Crippen MR) is 94.2 cm³/mol. The minimum atomic E-state index is -0.240. The summed E-state index contributed by atoms with van der Waals surface area (Å²) in [5, 5.41) is 0.936. The summed E-state index contributed by atoms with van der Waals surface area (Å²) in [5.74, 6) is -0.240. The average Bonchev–Trinajstić information content (AvgIpc) is 2.58. The number of para-hydroxylation sites is 1. The van der Waals surface area contributed by atoms with Crippen LogP contribution in [0.1, 0.15) is 36.5 Å². The SMILES string of the molecule is CCCc1ccc(CCCc2ccnc3c(F)cccc23)cc1. The van der Waals surface area contributed by atoms with Crippen LogP contribution in [0, 0.1) is 5.82 Å². The van der Waals surface area contributed by atoms with Crippen LogP contribution in [-0.2, 0) is 19.3 Å². The van der Waals surface area contributed by atoms with E-state index >= 15 is 0 Å². The highest BCUT2D eigenvalue weighted by Gasteiger charge is 2.06. The van der Waals surface area contributed by atoms with Gasteiger partial charge in [-0.3, -0.25) is 4.98 Å². The Balaban J connectivity index is 1.66. The molecule has 2 aromatic carbocycles. The first-order valence-corrected chi connectivity index (χ1v) is 8.38. The van der Waals surface area contributed by atoms with Crippen molar-refractivity contribution in [3.63, 3.8) is 0 Å². The Morgan fingerprint density at radius 3 is 2.35 bits per heavy atom. The molecule has 0 fully saturated rings. The lowest BCUT2D eigenvalue weighted by molar-refractivity contribution is 0.636. The Morgan fingerprint density at radius 1 is 0.870 bits per heavy atom. The number of pyridine rings is 1. The number of fused-ring (bicyclic) bond motifs is 1. The summed E-state index contributed by atoms with van der Waals surface area (Å²) >= 11 is 0. The fourth-order valence-electron chi connectivity index (χ4n) is 3.06. The van der Waals surface area contributed by atoms with Crippen molar-refractivity contribution in [2.75, 3.05) is 0 Å². The maximum Gasteiger partial charge on any atom is 0.149 e. The van der Waals surface area contributed by atoms with E-state index in [1.807, 2.05) is 12.1 Å². The summed E-state index contributed by atoms with van der Waals surface area (Å²) in [4.78, 5) is 4.16. The number of aryl methyl sites for hydroxylation is 3. The summed E-state index contributed by atoms with van der Waals surface area (Å²) in [6.07, 6.45) is 7.09. The summed E-state index contributed by atoms with van der Waals surface area (Å²) in [5.41, 5.74) is 4.44. The van der Waals surface area contributed by atoms with E-state index in [0.717, 1.165) is 31.1 Å². The molecule has 0 aliphatic carbocycles. The average molecular weight is 307 g/mol. The number of benzene rings is 2. The highest BCUT2D eigenvalue weighted by atomic mass is 19.1. The Morgan fingerprint density at radius 2 is 1.61 bits per heavy atom. The normalized spacial score (nSPS) is 11.0. The molecule has 0 bridgehead atoms. The molecule has 0 unspecified atom stereocenters. The maximum atomic E-state index is 13.8. The van der Waals surface area contributed by atoms with E-state index in [0.29, 0.717) is 5.52 Å². The molecule has 0 atom stereocenters. The van der Waals surface area contributed by atoms with Crippen LogP contribution >= 0.6 is 0 Å². The first kappa shape index (κ1) is 15.7. The Labute approximate surface area is 137 Å². The van der Waals surface area contributed by atoms with E-state index in [2.05, 4.69) is 36.2 Å². The molecule has 118 valence electrons. The molecule has 1 aromatic heterocycles. The van der Waals surface area contributed by atoms with Crippen molar-refractivity contribution in [2.24, 2.45) is 0 Å². The van der Waals surface area contributed by atoms with Crippen LogP contribution in [0.5, 0.6) is 0 Å². The molecule has 1 heterocycles. The monoisotopic (exact) mass is 307 g/mol. The van der Waals surface area contributed by atoms with Crippen molar-refractivity contribution >= 4 is 10.9 Å². The van der Waals surface area contributed by atoms with Crippen molar-refractivity contribution in [3.05, 3.63) is 77.2 Å². The van der Waals surface area contributed by atoms with Gasteiger partial charge in [-0.15, -0.1) is 0 Å². The number of hydrogen-bond donors (Lipinski definition) is 0. The van der Waals surface area contributed by atoms with E-state index < -0.39 is 0 Å². The molecule has 0 aliphatic heterocycles. The smallest absolute Gasteiger partial charge is 0.149 e. The first-order valence-electron chi connectivity index (χ1n) is 8.38. The standard InChI is InChI=1S/C21H22FN/c1-2-5-16-10-12-17(13-11-16)6-3-7-18-14-15-23-21-19(18)8-4-9-20(21)22/h4,8-15H,2-3,5-7H2,1H3. The van der Waals surface area contributed by atoms with Gasteiger partial charge in [0.2, 0.25) is 0 Å². The van der Waals surface area contributed by atoms with Gasteiger partial charge < -0.3 is 0 Å². The topological polar surface area (TPSA) is 12.9 Å². The van der Waals surface area contributed by atoms with Crippen LogP contribution in [0.2, 0.25) is 0 Å². The lowest BCUT2D eigenvalue weighted by Crippen LogP contribution is -1.94. The number of nitrogens with zero attached hydrogens (tertiary/aromatic N) is 1. The number of hydrogen-bond acceptors (Lipinski definition) is 1. The van der Waals surface area contributed by atoms with Gasteiger partial charge >= 0.3 is 0 Å². The van der Waals surface area contributed by atoms with Gasteiger partial charge in [0.05, 0.1) is 0 Å². The van der Waals surface area contributed by atoms with Crippen LogP contribution in [0.15, 0.2) is 54.7 Å². The molecule has 1 nitrogen and oxygen atoms in total. The molecule has 0 radical (unpaired) electrons. The van der Waals surface area contributed by atoms with Gasteiger partial charge in [0.15, 0.2) is 0 Å². The van der Waals surface area contributed by atoms with Crippen molar-refractivity contribution < 1.29 is 4.39 Å². The van der Waals surface area contributed by atoms with Gasteiger partial charge in [-0.25, -0.2) is 4.39 Å². The van der Waals surface area contributed by atoms with E-state index in [9.17, 15) is 4.39 Å². The molecule has 3 aromatic rings. The minimum Gasteiger partial charge on any atom is -0.253 e. The minimum absolute atomic E-state index is 0.240. The molecule has 3 rings (SSSR count). The fraction of sp³-hybridized carbons (Fsp3) is 0.286. The number of halogens is 1. The molecule has 0 aliphatic rings. The zero-order valence-electron chi connectivity index (χ0n) is 13.6. The number of rotatable bonds is 6. The van der Waals surface area contributed by atoms with Crippen LogP contribution in [0.3, 0.4) is 0 Å². The van der Waals surface area contributed by atoms with Crippen molar-refractivity contribution in [3.8, 4) is 0 Å². The highest BCUT2D eigenvalue weighted by Crippen LogP contribution is 2.21. The highest BCUT2D eigenvalue weighted by molar-refractivity contribution is 5.82. The Kier molecular flexibility index (Phi) is 5.02. The second-order valence-electron chi connectivity index (χ2n) is 6.03. The second kappa shape index (κ2) is 7.36. The van der Waals surface area contributed by atoms with Crippen molar-refractivity contribution in [1.29, 1.82) is 0 Å². The Hall–Kier alpha value is -2.22. The molecule has 0 amide bonds. The lowest BCUT2D eigenvalue weighted by atomic mass is 10.00. The molecular weight excluding hydrogens is 285 g/mol. The van der Waals surface area contributed by atoms with E-state index in [4.69, 9.17) is 0 Å². The Bertz CT molecular complexity index is 777. The molecule has 0 saturated heterocycles. The maximum absolute atomic E-state index is 13.8. The van der Waals surface area contributed by atoms with Gasteiger partial charge in [-0.05, 0) is 54.5 Å². The first-order chi connectivity index (χ1) is 11.3. The third-order valence-corrected chi connectivity index (χ3v) is 4.29. The van der Waals surface area contributed by atoms with Gasteiger partial charge in [-0.2, -0.15) is 0 Å². The third-order valence-electron chi connectivity index (χ3n) is 4.29. The van der Waals surface area contributed by atoms with Gasteiger partial charge in [0.25, 0.3) is 0 Å². The van der Waals surface area contributed by atoms with Crippen LogP contribution in [0.25, 0.3) is 10.9 Å². The van der Waals surface area contributed by atoms with Gasteiger partial charge in [-0.1, -0.05) is 49.7 Å². The van der Waals surface area contributed by atoms with Crippen molar-refractivity contribution in [2.45, 2.75) is 39.0 Å². The molecule has 2 heteroatoms.